The van der Waals surface area contributed by atoms with Crippen LogP contribution in [0.1, 0.15) is 31.7 Å². The largest absolute Gasteiger partial charge is 0.281 e. The molecule has 3 aromatic carbocycles. The van der Waals surface area contributed by atoms with Gasteiger partial charge in [0.25, 0.3) is 0 Å². The monoisotopic (exact) mass is 447 g/mol. The van der Waals surface area contributed by atoms with Crippen LogP contribution in [-0.2, 0) is 4.79 Å². The Hall–Kier alpha value is -2.39. The lowest BCUT2D eigenvalue weighted by atomic mass is 9.87. The highest BCUT2D eigenvalue weighted by Gasteiger charge is 2.49. The Labute approximate surface area is 181 Å². The third-order valence-electron chi connectivity index (χ3n) is 5.85. The Morgan fingerprint density at radius 3 is 1.86 bits per heavy atom. The highest BCUT2D eigenvalue weighted by atomic mass is 79.9. The van der Waals surface area contributed by atoms with Crippen LogP contribution in [-0.4, -0.2) is 5.91 Å². The number of hydrogen-bond donors (Lipinski definition) is 0. The molecule has 29 heavy (non-hydrogen) atoms. The Kier molecular flexibility index (Phi) is 5.86. The van der Waals surface area contributed by atoms with Crippen LogP contribution in [0, 0.1) is 17.8 Å². The quantitative estimate of drug-likeness (QED) is 0.391. The van der Waals surface area contributed by atoms with E-state index in [-0.39, 0.29) is 17.7 Å². The van der Waals surface area contributed by atoms with Crippen molar-refractivity contribution < 1.29 is 4.79 Å². The van der Waals surface area contributed by atoms with Crippen LogP contribution in [0.15, 0.2) is 89.4 Å². The number of amides is 1. The number of carbonyl (C=O) groups excluding carboxylic acids is 1. The van der Waals surface area contributed by atoms with Gasteiger partial charge in [-0.15, -0.1) is 0 Å². The smallest absolute Gasteiger partial charge is 0.235 e. The molecule has 0 saturated heterocycles. The summed E-state index contributed by atoms with van der Waals surface area (Å²) in [5.41, 5.74) is 3.19. The molecule has 0 heterocycles. The first-order valence-electron chi connectivity index (χ1n) is 10.3. The molecule has 0 unspecified atom stereocenters. The van der Waals surface area contributed by atoms with Gasteiger partial charge in [-0.25, -0.2) is 0 Å². The van der Waals surface area contributed by atoms with Crippen molar-refractivity contribution in [1.82, 2.24) is 0 Å². The normalized spacial score (nSPS) is 19.0. The van der Waals surface area contributed by atoms with E-state index in [0.717, 1.165) is 22.3 Å². The molecule has 0 bridgehead atoms. The number of nitrogens with zero attached hydrogens (tertiary/aromatic N) is 1. The van der Waals surface area contributed by atoms with Crippen LogP contribution in [0.25, 0.3) is 0 Å². The van der Waals surface area contributed by atoms with Crippen LogP contribution < -0.4 is 4.90 Å². The van der Waals surface area contributed by atoms with Gasteiger partial charge < -0.3 is 0 Å². The number of rotatable bonds is 6. The number of hydrogen-bond acceptors (Lipinski definition) is 1. The van der Waals surface area contributed by atoms with E-state index in [1.165, 1.54) is 5.56 Å². The van der Waals surface area contributed by atoms with Crippen molar-refractivity contribution in [2.24, 2.45) is 17.8 Å². The maximum Gasteiger partial charge on any atom is 0.235 e. The van der Waals surface area contributed by atoms with Gasteiger partial charge in [0, 0.05) is 21.8 Å². The molecule has 0 aromatic heterocycles. The SMILES string of the molecule is CC(C)[C@H](C(=O)N(c1ccccc1)c1ccccc1)[C@@H]1C[C@H]1c1ccc(Br)cc1. The molecule has 1 aliphatic carbocycles. The lowest BCUT2D eigenvalue weighted by Crippen LogP contribution is -2.36. The third kappa shape index (κ3) is 4.30. The van der Waals surface area contributed by atoms with E-state index < -0.39 is 0 Å². The molecule has 0 spiro atoms. The molecule has 1 fully saturated rings. The van der Waals surface area contributed by atoms with Gasteiger partial charge in [-0.05, 0) is 66.1 Å². The Balaban J connectivity index is 1.65. The standard InChI is InChI=1S/C26H26BrNO/c1-18(2)25(24-17-23(24)19-13-15-20(27)16-14-19)26(29)28(21-9-5-3-6-10-21)22-11-7-4-8-12-22/h3-16,18,23-25H,17H2,1-2H3/t23-,24+,25-/m0/s1. The van der Waals surface area contributed by atoms with E-state index in [4.69, 9.17) is 0 Å². The Morgan fingerprint density at radius 2 is 1.38 bits per heavy atom. The van der Waals surface area contributed by atoms with Crippen LogP contribution in [0.4, 0.5) is 11.4 Å². The van der Waals surface area contributed by atoms with Crippen LogP contribution in [0.5, 0.6) is 0 Å². The van der Waals surface area contributed by atoms with Gasteiger partial charge in [-0.2, -0.15) is 0 Å². The number of anilines is 2. The fourth-order valence-corrected chi connectivity index (χ4v) is 4.64. The van der Waals surface area contributed by atoms with Crippen molar-refractivity contribution in [3.8, 4) is 0 Å². The first-order valence-corrected chi connectivity index (χ1v) is 11.0. The lowest BCUT2D eigenvalue weighted by molar-refractivity contribution is -0.123. The maximum absolute atomic E-state index is 13.9. The topological polar surface area (TPSA) is 20.3 Å². The average Bonchev–Trinajstić information content (AvgIpc) is 3.50. The lowest BCUT2D eigenvalue weighted by Gasteiger charge is -2.30. The minimum Gasteiger partial charge on any atom is -0.281 e. The summed E-state index contributed by atoms with van der Waals surface area (Å²) in [6, 6.07) is 28.6. The van der Waals surface area contributed by atoms with Crippen molar-refractivity contribution in [1.29, 1.82) is 0 Å². The molecule has 1 amide bonds. The zero-order chi connectivity index (χ0) is 20.4. The molecule has 148 valence electrons. The molecule has 3 aromatic rings. The number of halogens is 1. The fraction of sp³-hybridized carbons (Fsp3) is 0.269. The predicted molar refractivity (Wildman–Crippen MR) is 123 cm³/mol. The summed E-state index contributed by atoms with van der Waals surface area (Å²) < 4.78 is 1.09. The minimum atomic E-state index is -0.0101. The second-order valence-corrected chi connectivity index (χ2v) is 9.09. The van der Waals surface area contributed by atoms with E-state index in [9.17, 15) is 4.79 Å². The van der Waals surface area contributed by atoms with Crippen molar-refractivity contribution >= 4 is 33.2 Å². The van der Waals surface area contributed by atoms with E-state index in [1.54, 1.807) is 0 Å². The fourth-order valence-electron chi connectivity index (χ4n) is 4.37. The van der Waals surface area contributed by atoms with Gasteiger partial charge in [0.1, 0.15) is 0 Å². The van der Waals surface area contributed by atoms with Gasteiger partial charge in [-0.1, -0.05) is 78.3 Å². The summed E-state index contributed by atoms with van der Waals surface area (Å²) in [6.45, 7) is 4.35. The highest BCUT2D eigenvalue weighted by Crippen LogP contribution is 2.54. The molecular formula is C26H26BrNO. The molecule has 3 heteroatoms. The molecule has 0 aliphatic heterocycles. The zero-order valence-electron chi connectivity index (χ0n) is 16.8. The average molecular weight is 448 g/mol. The summed E-state index contributed by atoms with van der Waals surface area (Å²) in [6.07, 6.45) is 1.08. The first-order chi connectivity index (χ1) is 14.1. The zero-order valence-corrected chi connectivity index (χ0v) is 18.4. The molecule has 2 nitrogen and oxygen atoms in total. The highest BCUT2D eigenvalue weighted by molar-refractivity contribution is 9.10. The van der Waals surface area contributed by atoms with Crippen molar-refractivity contribution in [3.05, 3.63) is 95.0 Å². The van der Waals surface area contributed by atoms with Crippen molar-refractivity contribution in [2.75, 3.05) is 4.90 Å². The molecule has 0 radical (unpaired) electrons. The van der Waals surface area contributed by atoms with Gasteiger partial charge in [0.05, 0.1) is 0 Å². The number of benzene rings is 3. The van der Waals surface area contributed by atoms with Crippen LogP contribution in [0.3, 0.4) is 0 Å². The van der Waals surface area contributed by atoms with Gasteiger partial charge in [-0.3, -0.25) is 9.69 Å². The summed E-state index contributed by atoms with van der Waals surface area (Å²) in [5.74, 6) is 1.32. The van der Waals surface area contributed by atoms with E-state index in [1.807, 2.05) is 65.6 Å². The summed E-state index contributed by atoms with van der Waals surface area (Å²) >= 11 is 3.52. The van der Waals surface area contributed by atoms with E-state index in [0.29, 0.717) is 11.8 Å². The van der Waals surface area contributed by atoms with E-state index in [2.05, 4.69) is 54.0 Å². The Morgan fingerprint density at radius 1 is 0.862 bits per heavy atom. The van der Waals surface area contributed by atoms with Gasteiger partial charge in [0.15, 0.2) is 0 Å². The maximum atomic E-state index is 13.9. The Bertz CT molecular complexity index is 914. The molecule has 1 saturated carbocycles. The third-order valence-corrected chi connectivity index (χ3v) is 6.38. The van der Waals surface area contributed by atoms with Crippen LogP contribution in [0.2, 0.25) is 0 Å². The van der Waals surface area contributed by atoms with E-state index >= 15 is 0 Å². The summed E-state index contributed by atoms with van der Waals surface area (Å²) in [4.78, 5) is 15.8. The molecular weight excluding hydrogens is 422 g/mol. The second kappa shape index (κ2) is 8.54. The minimum absolute atomic E-state index is 0.0101. The second-order valence-electron chi connectivity index (χ2n) is 8.17. The molecule has 4 rings (SSSR count). The predicted octanol–water partition coefficient (Wildman–Crippen LogP) is 7.19. The van der Waals surface area contributed by atoms with Crippen molar-refractivity contribution in [3.63, 3.8) is 0 Å². The number of carbonyl (C=O) groups is 1. The van der Waals surface area contributed by atoms with Gasteiger partial charge >= 0.3 is 0 Å². The van der Waals surface area contributed by atoms with Crippen molar-refractivity contribution in [2.45, 2.75) is 26.2 Å². The summed E-state index contributed by atoms with van der Waals surface area (Å²) in [5, 5.41) is 0. The molecule has 1 aliphatic rings. The first kappa shape index (κ1) is 19.9. The summed E-state index contributed by atoms with van der Waals surface area (Å²) in [7, 11) is 0. The van der Waals surface area contributed by atoms with Crippen LogP contribution >= 0.6 is 15.9 Å². The molecule has 0 N–H and O–H groups in total. The molecule has 3 atom stereocenters. The number of para-hydroxylation sites is 2. The van der Waals surface area contributed by atoms with Gasteiger partial charge in [0.2, 0.25) is 5.91 Å².